The fraction of sp³-hybridized carbons (Fsp3) is 0.487. The number of amides is 1. The first-order valence-electron chi connectivity index (χ1n) is 18.0. The number of piperazine rings is 1. The number of aromatic nitrogens is 3. The smallest absolute Gasteiger partial charge is 0.415 e. The van der Waals surface area contributed by atoms with Gasteiger partial charge in [0.25, 0.3) is 0 Å². The normalized spacial score (nSPS) is 25.6. The van der Waals surface area contributed by atoms with E-state index in [1.165, 1.54) is 23.1 Å². The van der Waals surface area contributed by atoms with Crippen molar-refractivity contribution in [2.75, 3.05) is 37.4 Å². The van der Waals surface area contributed by atoms with Gasteiger partial charge in [-0.05, 0) is 90.1 Å². The van der Waals surface area contributed by atoms with Crippen molar-refractivity contribution < 1.29 is 31.8 Å². The van der Waals surface area contributed by atoms with E-state index in [4.69, 9.17) is 31.6 Å². The minimum absolute atomic E-state index is 0.0602. The van der Waals surface area contributed by atoms with Crippen LogP contribution in [0.5, 0.6) is 6.01 Å². The van der Waals surface area contributed by atoms with E-state index < -0.39 is 47.5 Å². The molecule has 4 aliphatic rings. The van der Waals surface area contributed by atoms with E-state index >= 15 is 17.6 Å². The highest BCUT2D eigenvalue weighted by atomic mass is 19.2. The van der Waals surface area contributed by atoms with Crippen LogP contribution in [-0.4, -0.2) is 86.9 Å². The number of pyridine rings is 1. The van der Waals surface area contributed by atoms with Crippen LogP contribution >= 0.6 is 0 Å². The number of nitrogens with zero attached hydrogens (tertiary/aromatic N) is 6. The lowest BCUT2D eigenvalue weighted by Gasteiger charge is -2.52. The van der Waals surface area contributed by atoms with Gasteiger partial charge in [-0.1, -0.05) is 12.0 Å². The number of nitrogen functional groups attached to an aromatic ring is 1. The molecule has 3 saturated heterocycles. The van der Waals surface area contributed by atoms with Crippen LogP contribution in [0.25, 0.3) is 32.9 Å². The van der Waals surface area contributed by atoms with Gasteiger partial charge in [-0.2, -0.15) is 9.97 Å². The van der Waals surface area contributed by atoms with Crippen LogP contribution in [0.3, 0.4) is 0 Å². The molecule has 6 heterocycles. The van der Waals surface area contributed by atoms with Crippen molar-refractivity contribution in [3.63, 3.8) is 0 Å². The number of hydrogen-bond acceptors (Lipinski definition) is 9. The summed E-state index contributed by atoms with van der Waals surface area (Å²) >= 11 is 0. The number of likely N-dealkylation sites (N-methyl/N-ethyl adjacent to an activating group) is 1. The molecule has 3 fully saturated rings. The lowest BCUT2D eigenvalue weighted by atomic mass is 9.90. The van der Waals surface area contributed by atoms with Crippen molar-refractivity contribution in [2.45, 2.75) is 95.0 Å². The summed E-state index contributed by atoms with van der Waals surface area (Å²) in [7, 11) is 1.98. The zero-order valence-corrected chi connectivity index (χ0v) is 30.1. The Morgan fingerprint density at radius 1 is 1.09 bits per heavy atom. The quantitative estimate of drug-likeness (QED) is 0.102. The third-order valence-electron chi connectivity index (χ3n) is 11.1. The largest absolute Gasteiger partial charge is 0.462 e. The van der Waals surface area contributed by atoms with E-state index in [-0.39, 0.29) is 89.0 Å². The second kappa shape index (κ2) is 12.3. The third kappa shape index (κ3) is 5.66. The number of likely N-dealkylation sites (tertiary alicyclic amines) is 1. The second-order valence-electron chi connectivity index (χ2n) is 15.7. The molecule has 2 aromatic carbocycles. The van der Waals surface area contributed by atoms with Crippen LogP contribution in [0.4, 0.5) is 33.9 Å². The Hall–Kier alpha value is -4.90. The first kappa shape index (κ1) is 35.1. The average molecular weight is 732 g/mol. The average Bonchev–Trinajstić information content (AvgIpc) is 3.59. The maximum atomic E-state index is 17.6. The molecule has 278 valence electrons. The zero-order valence-electron chi connectivity index (χ0n) is 30.1. The summed E-state index contributed by atoms with van der Waals surface area (Å²) < 4.78 is 78.7. The summed E-state index contributed by atoms with van der Waals surface area (Å²) in [4.78, 5) is 31.9. The monoisotopic (exact) mass is 731 g/mol. The van der Waals surface area contributed by atoms with E-state index in [0.29, 0.717) is 22.4 Å². The number of carbonyl (C=O) groups excluding carboxylic acids is 1. The van der Waals surface area contributed by atoms with Crippen LogP contribution in [0.15, 0.2) is 24.3 Å². The van der Waals surface area contributed by atoms with Crippen molar-refractivity contribution >= 4 is 39.3 Å². The third-order valence-corrected chi connectivity index (χ3v) is 11.1. The molecular weight excluding hydrogens is 690 g/mol. The van der Waals surface area contributed by atoms with E-state index in [1.54, 1.807) is 26.8 Å². The Balaban J connectivity index is 1.34. The summed E-state index contributed by atoms with van der Waals surface area (Å²) in [6.45, 7) is 5.56. The SMILES string of the molecule is C#Cc1c(F)ccc2cc(N)cc(-c3nc4c5c(nc(OC[C@@H]6CCCN6C)nc5c3F)N3C[C@@]5(F)CC[C@@](F)([C@H]3CCC4)N5C(=O)OC(C)(C)C)c12. The number of fused-ring (bicyclic) bond motifs is 6. The number of anilines is 2. The molecule has 53 heavy (non-hydrogen) atoms. The highest BCUT2D eigenvalue weighted by molar-refractivity contribution is 6.04. The summed E-state index contributed by atoms with van der Waals surface area (Å²) in [5, 5.41) is 0.929. The fourth-order valence-electron chi connectivity index (χ4n) is 8.67. The number of terminal acetylenes is 1. The van der Waals surface area contributed by atoms with Gasteiger partial charge in [0, 0.05) is 35.5 Å². The van der Waals surface area contributed by atoms with Gasteiger partial charge >= 0.3 is 12.1 Å². The number of benzene rings is 2. The van der Waals surface area contributed by atoms with Crippen molar-refractivity contribution in [3.8, 4) is 29.6 Å². The van der Waals surface area contributed by atoms with Crippen LogP contribution in [0.2, 0.25) is 0 Å². The molecule has 0 radical (unpaired) electrons. The van der Waals surface area contributed by atoms with Gasteiger partial charge in [0.05, 0.1) is 29.2 Å². The molecule has 4 aromatic rings. The number of halogens is 4. The predicted octanol–water partition coefficient (Wildman–Crippen LogP) is 7.05. The summed E-state index contributed by atoms with van der Waals surface area (Å²) in [5.74, 6) is -4.01. The zero-order chi connectivity index (χ0) is 37.6. The van der Waals surface area contributed by atoms with Crippen LogP contribution in [-0.2, 0) is 11.2 Å². The van der Waals surface area contributed by atoms with Gasteiger partial charge < -0.3 is 25.0 Å². The summed E-state index contributed by atoms with van der Waals surface area (Å²) in [6, 6.07) is 4.69. The molecule has 2 bridgehead atoms. The molecule has 1 amide bonds. The highest BCUT2D eigenvalue weighted by Crippen LogP contribution is 2.55. The number of carbonyl (C=O) groups is 1. The Morgan fingerprint density at radius 3 is 2.60 bits per heavy atom. The molecule has 2 N–H and O–H groups in total. The van der Waals surface area contributed by atoms with Crippen molar-refractivity contribution in [1.29, 1.82) is 0 Å². The molecule has 0 aliphatic carbocycles. The lowest BCUT2D eigenvalue weighted by Crippen LogP contribution is -2.71. The fourth-order valence-corrected chi connectivity index (χ4v) is 8.67. The van der Waals surface area contributed by atoms with E-state index in [1.807, 2.05) is 7.05 Å². The molecule has 14 heteroatoms. The number of aryl methyl sites for hydroxylation is 1. The number of hydrogen-bond donors (Lipinski definition) is 1. The van der Waals surface area contributed by atoms with Crippen molar-refractivity contribution in [1.82, 2.24) is 24.8 Å². The number of nitrogens with two attached hydrogens (primary N) is 1. The molecule has 10 nitrogen and oxygen atoms in total. The minimum atomic E-state index is -2.46. The molecule has 2 aromatic heterocycles. The number of ether oxygens (including phenoxy) is 2. The van der Waals surface area contributed by atoms with E-state index in [2.05, 4.69) is 15.8 Å². The van der Waals surface area contributed by atoms with Gasteiger partial charge in [0.2, 0.25) is 11.6 Å². The maximum absolute atomic E-state index is 17.6. The Bertz CT molecular complexity index is 2220. The molecule has 0 unspecified atom stereocenters. The molecule has 4 aliphatic heterocycles. The second-order valence-corrected chi connectivity index (χ2v) is 15.7. The van der Waals surface area contributed by atoms with Crippen LogP contribution in [0, 0.1) is 24.0 Å². The molecule has 0 spiro atoms. The van der Waals surface area contributed by atoms with Gasteiger partial charge in [0.1, 0.15) is 35.1 Å². The Labute approximate surface area is 304 Å². The van der Waals surface area contributed by atoms with E-state index in [9.17, 15) is 4.79 Å². The molecular formula is C39H41F4N7O3. The molecule has 8 rings (SSSR count). The van der Waals surface area contributed by atoms with Gasteiger partial charge in [-0.15, -0.1) is 6.42 Å². The Kier molecular flexibility index (Phi) is 8.18. The standard InChI is InChI=1S/C39H41F4N7O3/c1-6-24-26(40)13-12-21-17-22(44)18-25(29(21)24)32-31(41)33-30-27(45-32)10-7-11-28-39(43)15-14-38(42,50(39)36(51)53-37(2,3)4)20-49(28)34(30)47-35(46-33)52-19-23-9-8-16-48(23)5/h1,12-13,17-18,23,28H,7-11,14-16,19-20,44H2,2-5H3/t23-,28+,38+,39-/m0/s1. The van der Waals surface area contributed by atoms with Crippen molar-refractivity contribution in [2.24, 2.45) is 0 Å². The van der Waals surface area contributed by atoms with Gasteiger partial charge in [-0.25, -0.2) is 32.2 Å². The van der Waals surface area contributed by atoms with E-state index in [0.717, 1.165) is 19.4 Å². The molecule has 0 saturated carbocycles. The number of alkyl halides is 2. The first-order chi connectivity index (χ1) is 25.1. The topological polar surface area (TPSA) is 110 Å². The molecule has 4 atom stereocenters. The summed E-state index contributed by atoms with van der Waals surface area (Å²) in [5.41, 5.74) is 5.71. The highest BCUT2D eigenvalue weighted by Gasteiger charge is 2.69. The van der Waals surface area contributed by atoms with Crippen molar-refractivity contribution in [3.05, 3.63) is 47.2 Å². The Morgan fingerprint density at radius 2 is 1.89 bits per heavy atom. The number of rotatable bonds is 4. The minimum Gasteiger partial charge on any atom is -0.462 e. The lowest BCUT2D eigenvalue weighted by molar-refractivity contribution is -0.133. The van der Waals surface area contributed by atoms with Gasteiger partial charge in [0.15, 0.2) is 5.82 Å². The predicted molar refractivity (Wildman–Crippen MR) is 193 cm³/mol. The summed E-state index contributed by atoms with van der Waals surface area (Å²) in [6.07, 6.45) is 6.78. The maximum Gasteiger partial charge on any atom is 0.415 e. The van der Waals surface area contributed by atoms with Crippen LogP contribution < -0.4 is 15.4 Å². The van der Waals surface area contributed by atoms with Gasteiger partial charge in [-0.3, -0.25) is 0 Å². The first-order valence-corrected chi connectivity index (χ1v) is 18.0. The van der Waals surface area contributed by atoms with Crippen LogP contribution in [0.1, 0.15) is 70.6 Å².